The highest BCUT2D eigenvalue weighted by molar-refractivity contribution is 5.60. The molecule has 0 radical (unpaired) electrons. The van der Waals surface area contributed by atoms with E-state index in [0.29, 0.717) is 37.2 Å². The Morgan fingerprint density at radius 2 is 2.00 bits per heavy atom. The number of rotatable bonds is 6. The van der Waals surface area contributed by atoms with Crippen LogP contribution in [0.15, 0.2) is 53.1 Å². The Labute approximate surface area is 178 Å². The molecule has 1 aliphatic rings. The summed E-state index contributed by atoms with van der Waals surface area (Å²) in [5.41, 5.74) is 3.20. The van der Waals surface area contributed by atoms with Gasteiger partial charge >= 0.3 is 0 Å². The number of ether oxygens (including phenoxy) is 3. The first-order valence-corrected chi connectivity index (χ1v) is 10.0. The van der Waals surface area contributed by atoms with Gasteiger partial charge in [-0.2, -0.15) is 4.98 Å². The lowest BCUT2D eigenvalue weighted by Crippen LogP contribution is -2.22. The topological polar surface area (TPSA) is 97.3 Å². The van der Waals surface area contributed by atoms with Crippen LogP contribution in [0.4, 0.5) is 0 Å². The highest BCUT2D eigenvalue weighted by Gasteiger charge is 2.28. The van der Waals surface area contributed by atoms with Gasteiger partial charge in [-0.05, 0) is 36.8 Å². The van der Waals surface area contributed by atoms with Crippen LogP contribution in [0.5, 0.6) is 11.5 Å². The molecule has 0 spiro atoms. The van der Waals surface area contributed by atoms with Crippen LogP contribution in [0.1, 0.15) is 24.3 Å². The number of hydrogen-bond acceptors (Lipinski definition) is 8. The van der Waals surface area contributed by atoms with E-state index in [2.05, 4.69) is 20.5 Å². The summed E-state index contributed by atoms with van der Waals surface area (Å²) in [4.78, 5) is 4.51. The molecule has 31 heavy (non-hydrogen) atoms. The molecular formula is C22H21N5O4. The molecule has 0 N–H and O–H groups in total. The summed E-state index contributed by atoms with van der Waals surface area (Å²) in [6.45, 7) is 3.42. The second-order valence-electron chi connectivity index (χ2n) is 7.02. The molecule has 0 fully saturated rings. The summed E-state index contributed by atoms with van der Waals surface area (Å²) >= 11 is 0. The van der Waals surface area contributed by atoms with E-state index >= 15 is 0 Å². The molecule has 1 atom stereocenters. The molecule has 9 nitrogen and oxygen atoms in total. The van der Waals surface area contributed by atoms with Gasteiger partial charge in [0.1, 0.15) is 17.6 Å². The summed E-state index contributed by atoms with van der Waals surface area (Å²) in [5.74, 6) is 2.34. The fraction of sp³-hybridized carbons (Fsp3) is 0.273. The van der Waals surface area contributed by atoms with Crippen molar-refractivity contribution >= 4 is 0 Å². The van der Waals surface area contributed by atoms with Crippen molar-refractivity contribution in [1.29, 1.82) is 0 Å². The van der Waals surface area contributed by atoms with Gasteiger partial charge in [0.15, 0.2) is 5.69 Å². The molecule has 9 heteroatoms. The summed E-state index contributed by atoms with van der Waals surface area (Å²) in [6.07, 6.45) is -0.118. The predicted octanol–water partition coefficient (Wildman–Crippen LogP) is 3.67. The zero-order valence-corrected chi connectivity index (χ0v) is 17.2. The fourth-order valence-corrected chi connectivity index (χ4v) is 3.53. The van der Waals surface area contributed by atoms with Crippen LogP contribution < -0.4 is 9.47 Å². The zero-order valence-electron chi connectivity index (χ0n) is 17.2. The van der Waals surface area contributed by atoms with E-state index in [1.165, 1.54) is 0 Å². The molecule has 3 heterocycles. The average molecular weight is 419 g/mol. The molecule has 0 saturated carbocycles. The molecular weight excluding hydrogens is 398 g/mol. The van der Waals surface area contributed by atoms with Gasteiger partial charge < -0.3 is 18.7 Å². The van der Waals surface area contributed by atoms with Gasteiger partial charge in [0.05, 0.1) is 32.6 Å². The summed E-state index contributed by atoms with van der Waals surface area (Å²) < 4.78 is 24.1. The second kappa shape index (κ2) is 8.19. The van der Waals surface area contributed by atoms with Crippen molar-refractivity contribution in [3.63, 3.8) is 0 Å². The quantitative estimate of drug-likeness (QED) is 0.467. The number of hydrogen-bond donors (Lipinski definition) is 0. The Bertz CT molecular complexity index is 1180. The number of nitrogens with zero attached hydrogens (tertiary/aromatic N) is 5. The van der Waals surface area contributed by atoms with Gasteiger partial charge in [0.25, 0.3) is 5.89 Å². The van der Waals surface area contributed by atoms with Gasteiger partial charge in [-0.1, -0.05) is 34.6 Å². The minimum absolute atomic E-state index is 0.118. The first kappa shape index (κ1) is 19.3. The Balaban J connectivity index is 1.37. The summed E-state index contributed by atoms with van der Waals surface area (Å²) in [6, 6.07) is 15.4. The van der Waals surface area contributed by atoms with Crippen LogP contribution in [0, 0.1) is 0 Å². The highest BCUT2D eigenvalue weighted by Crippen LogP contribution is 2.32. The van der Waals surface area contributed by atoms with E-state index in [1.54, 1.807) is 7.11 Å². The molecule has 4 aromatic rings. The van der Waals surface area contributed by atoms with E-state index < -0.39 is 0 Å². The van der Waals surface area contributed by atoms with Crippen molar-refractivity contribution in [2.24, 2.45) is 0 Å². The first-order chi connectivity index (χ1) is 15.2. The van der Waals surface area contributed by atoms with Crippen molar-refractivity contribution < 1.29 is 18.7 Å². The largest absolute Gasteiger partial charge is 0.497 e. The third kappa shape index (κ3) is 3.75. The summed E-state index contributed by atoms with van der Waals surface area (Å²) in [7, 11) is 1.65. The van der Waals surface area contributed by atoms with Gasteiger partial charge in [-0.15, -0.1) is 5.10 Å². The lowest BCUT2D eigenvalue weighted by atomic mass is 10.1. The Kier molecular flexibility index (Phi) is 5.09. The molecule has 1 unspecified atom stereocenters. The van der Waals surface area contributed by atoms with Crippen molar-refractivity contribution in [2.45, 2.75) is 26.2 Å². The standard InChI is InChI=1S/C22H21N5O4/c1-3-29-17-6-4-5-15(11-17)21-23-22(31-25-21)20-18-13-30-19(12-27(18)26-24-20)14-7-9-16(28-2)10-8-14/h4-11,19H,3,12-13H2,1-2H3. The Hall–Kier alpha value is -3.72. The minimum atomic E-state index is -0.118. The van der Waals surface area contributed by atoms with Crippen LogP contribution in [-0.4, -0.2) is 38.9 Å². The number of methoxy groups -OCH3 is 1. The Morgan fingerprint density at radius 1 is 1.13 bits per heavy atom. The molecule has 5 rings (SSSR count). The lowest BCUT2D eigenvalue weighted by Gasteiger charge is -2.24. The van der Waals surface area contributed by atoms with Crippen LogP contribution >= 0.6 is 0 Å². The molecule has 1 aliphatic heterocycles. The molecule has 0 amide bonds. The normalized spacial score (nSPS) is 15.5. The number of fused-ring (bicyclic) bond motifs is 1. The zero-order chi connectivity index (χ0) is 21.2. The third-order valence-electron chi connectivity index (χ3n) is 5.12. The van der Waals surface area contributed by atoms with E-state index in [9.17, 15) is 0 Å². The average Bonchev–Trinajstić information content (AvgIpc) is 3.46. The van der Waals surface area contributed by atoms with Crippen LogP contribution in [0.2, 0.25) is 0 Å². The third-order valence-corrected chi connectivity index (χ3v) is 5.12. The maximum Gasteiger partial charge on any atom is 0.280 e. The molecule has 0 bridgehead atoms. The maximum absolute atomic E-state index is 6.07. The predicted molar refractivity (Wildman–Crippen MR) is 110 cm³/mol. The summed E-state index contributed by atoms with van der Waals surface area (Å²) in [5, 5.41) is 12.6. The van der Waals surface area contributed by atoms with Crippen molar-refractivity contribution in [1.82, 2.24) is 25.1 Å². The maximum atomic E-state index is 6.07. The van der Waals surface area contributed by atoms with Crippen LogP contribution in [-0.2, 0) is 17.9 Å². The lowest BCUT2D eigenvalue weighted by molar-refractivity contribution is -0.00119. The van der Waals surface area contributed by atoms with Gasteiger partial charge in [-0.3, -0.25) is 0 Å². The van der Waals surface area contributed by atoms with Gasteiger partial charge in [0, 0.05) is 5.56 Å². The molecule has 158 valence electrons. The van der Waals surface area contributed by atoms with E-state index in [-0.39, 0.29) is 6.10 Å². The first-order valence-electron chi connectivity index (χ1n) is 10.0. The smallest absolute Gasteiger partial charge is 0.280 e. The molecule has 0 aliphatic carbocycles. The van der Waals surface area contributed by atoms with Gasteiger partial charge in [0.2, 0.25) is 5.82 Å². The second-order valence-corrected chi connectivity index (χ2v) is 7.02. The monoisotopic (exact) mass is 419 g/mol. The van der Waals surface area contributed by atoms with Crippen molar-refractivity contribution in [3.8, 4) is 34.5 Å². The highest BCUT2D eigenvalue weighted by atomic mass is 16.5. The van der Waals surface area contributed by atoms with Crippen LogP contribution in [0.25, 0.3) is 23.0 Å². The van der Waals surface area contributed by atoms with Crippen molar-refractivity contribution in [2.75, 3.05) is 13.7 Å². The molecule has 0 saturated heterocycles. The van der Waals surface area contributed by atoms with Crippen LogP contribution in [0.3, 0.4) is 0 Å². The Morgan fingerprint density at radius 3 is 2.81 bits per heavy atom. The molecule has 2 aromatic heterocycles. The van der Waals surface area contributed by atoms with Gasteiger partial charge in [-0.25, -0.2) is 4.68 Å². The number of benzene rings is 2. The SMILES string of the molecule is CCOc1cccc(-c2noc(-c3nnn4c3COC(c3ccc(OC)cc3)C4)n2)c1. The number of aromatic nitrogens is 5. The van der Waals surface area contributed by atoms with E-state index in [1.807, 2.05) is 60.1 Å². The van der Waals surface area contributed by atoms with E-state index in [0.717, 1.165) is 28.3 Å². The minimum Gasteiger partial charge on any atom is -0.497 e. The van der Waals surface area contributed by atoms with E-state index in [4.69, 9.17) is 18.7 Å². The van der Waals surface area contributed by atoms with Crippen molar-refractivity contribution in [3.05, 3.63) is 59.8 Å². The molecule has 2 aromatic carbocycles. The fourth-order valence-electron chi connectivity index (χ4n) is 3.53.